The standard InChI is InChI=1S/C14H24N4O3/c1-10(2)15-7-3-5-11(19)18-8-4-6-14(9-18)12(20)16-13(21)17-14/h10,15H,3-9H2,1-2H3,(H2,16,17,20,21). The molecule has 2 fully saturated rings. The number of nitrogens with one attached hydrogen (secondary N) is 3. The zero-order valence-electron chi connectivity index (χ0n) is 12.7. The fourth-order valence-electron chi connectivity index (χ4n) is 2.87. The van der Waals surface area contributed by atoms with Gasteiger partial charge in [-0.2, -0.15) is 0 Å². The molecule has 0 aromatic rings. The molecule has 21 heavy (non-hydrogen) atoms. The molecule has 1 atom stereocenters. The molecule has 0 radical (unpaired) electrons. The number of urea groups is 1. The largest absolute Gasteiger partial charge is 0.340 e. The normalized spacial score (nSPS) is 25.4. The summed E-state index contributed by atoms with van der Waals surface area (Å²) in [5.41, 5.74) is -0.916. The maximum absolute atomic E-state index is 12.2. The van der Waals surface area contributed by atoms with Gasteiger partial charge in [-0.3, -0.25) is 14.9 Å². The number of rotatable bonds is 5. The Bertz CT molecular complexity index is 438. The molecule has 0 saturated carbocycles. The molecular formula is C14H24N4O3. The molecule has 7 nitrogen and oxygen atoms in total. The Labute approximate surface area is 124 Å². The number of imide groups is 1. The monoisotopic (exact) mass is 296 g/mol. The molecule has 0 bridgehead atoms. The van der Waals surface area contributed by atoms with E-state index in [2.05, 4.69) is 29.8 Å². The zero-order chi connectivity index (χ0) is 15.5. The van der Waals surface area contributed by atoms with E-state index in [4.69, 9.17) is 0 Å². The summed E-state index contributed by atoms with van der Waals surface area (Å²) in [7, 11) is 0. The van der Waals surface area contributed by atoms with Crippen LogP contribution in [-0.4, -0.2) is 54.0 Å². The van der Waals surface area contributed by atoms with Gasteiger partial charge in [0.05, 0.1) is 6.54 Å². The van der Waals surface area contributed by atoms with Gasteiger partial charge in [0.1, 0.15) is 5.54 Å². The van der Waals surface area contributed by atoms with Gasteiger partial charge >= 0.3 is 6.03 Å². The Balaban J connectivity index is 1.85. The van der Waals surface area contributed by atoms with Crippen LogP contribution in [0.25, 0.3) is 0 Å². The first-order chi connectivity index (χ1) is 9.93. The van der Waals surface area contributed by atoms with Crippen LogP contribution in [0.15, 0.2) is 0 Å². The van der Waals surface area contributed by atoms with Gasteiger partial charge in [0.15, 0.2) is 0 Å². The summed E-state index contributed by atoms with van der Waals surface area (Å²) in [5, 5.41) is 8.22. The van der Waals surface area contributed by atoms with Gasteiger partial charge in [0.2, 0.25) is 5.91 Å². The van der Waals surface area contributed by atoms with Crippen molar-refractivity contribution in [2.45, 2.75) is 51.1 Å². The van der Waals surface area contributed by atoms with Crippen LogP contribution in [0.3, 0.4) is 0 Å². The van der Waals surface area contributed by atoms with Gasteiger partial charge in [-0.25, -0.2) is 4.79 Å². The van der Waals surface area contributed by atoms with Gasteiger partial charge in [-0.1, -0.05) is 13.8 Å². The Morgan fingerprint density at radius 1 is 1.43 bits per heavy atom. The topological polar surface area (TPSA) is 90.5 Å². The van der Waals surface area contributed by atoms with Crippen LogP contribution in [0.4, 0.5) is 4.79 Å². The molecule has 2 heterocycles. The molecule has 0 aromatic carbocycles. The van der Waals surface area contributed by atoms with Crippen LogP contribution < -0.4 is 16.0 Å². The van der Waals surface area contributed by atoms with Crippen molar-refractivity contribution in [1.82, 2.24) is 20.9 Å². The van der Waals surface area contributed by atoms with E-state index in [0.29, 0.717) is 25.4 Å². The highest BCUT2D eigenvalue weighted by Gasteiger charge is 2.49. The van der Waals surface area contributed by atoms with Gasteiger partial charge in [-0.15, -0.1) is 0 Å². The lowest BCUT2D eigenvalue weighted by molar-refractivity contribution is -0.136. The summed E-state index contributed by atoms with van der Waals surface area (Å²) in [6.45, 7) is 5.87. The van der Waals surface area contributed by atoms with Crippen LogP contribution in [0.2, 0.25) is 0 Å². The third-order valence-corrected chi connectivity index (χ3v) is 3.98. The molecule has 2 saturated heterocycles. The molecule has 7 heteroatoms. The molecule has 2 aliphatic rings. The van der Waals surface area contributed by atoms with Crippen molar-refractivity contribution in [1.29, 1.82) is 0 Å². The molecule has 3 N–H and O–H groups in total. The molecule has 0 aromatic heterocycles. The first kappa shape index (κ1) is 15.8. The molecule has 0 aliphatic carbocycles. The van der Waals surface area contributed by atoms with Gasteiger partial charge in [0.25, 0.3) is 5.91 Å². The summed E-state index contributed by atoms with van der Waals surface area (Å²) >= 11 is 0. The average molecular weight is 296 g/mol. The van der Waals surface area contributed by atoms with Crippen molar-refractivity contribution in [2.75, 3.05) is 19.6 Å². The molecule has 1 spiro atoms. The third-order valence-electron chi connectivity index (χ3n) is 3.98. The van der Waals surface area contributed by atoms with Gasteiger partial charge < -0.3 is 15.5 Å². The van der Waals surface area contributed by atoms with Crippen molar-refractivity contribution in [3.8, 4) is 0 Å². The number of carbonyl (C=O) groups is 3. The van der Waals surface area contributed by atoms with E-state index in [1.807, 2.05) is 0 Å². The van der Waals surface area contributed by atoms with Gasteiger partial charge in [-0.05, 0) is 25.8 Å². The number of nitrogens with zero attached hydrogens (tertiary/aromatic N) is 1. The fourth-order valence-corrected chi connectivity index (χ4v) is 2.87. The average Bonchev–Trinajstić information content (AvgIpc) is 2.68. The Morgan fingerprint density at radius 2 is 2.19 bits per heavy atom. The van der Waals surface area contributed by atoms with Crippen LogP contribution in [0.5, 0.6) is 0 Å². The molecule has 118 valence electrons. The number of piperidine rings is 1. The number of hydrogen-bond donors (Lipinski definition) is 3. The van der Waals surface area contributed by atoms with Crippen LogP contribution in [0.1, 0.15) is 39.5 Å². The van der Waals surface area contributed by atoms with E-state index in [0.717, 1.165) is 19.4 Å². The number of likely N-dealkylation sites (tertiary alicyclic amines) is 1. The quantitative estimate of drug-likeness (QED) is 0.491. The lowest BCUT2D eigenvalue weighted by Gasteiger charge is -2.38. The summed E-state index contributed by atoms with van der Waals surface area (Å²) in [6.07, 6.45) is 2.55. The highest BCUT2D eigenvalue weighted by Crippen LogP contribution is 2.24. The van der Waals surface area contributed by atoms with Crippen molar-refractivity contribution in [3.63, 3.8) is 0 Å². The summed E-state index contributed by atoms with van der Waals surface area (Å²) in [4.78, 5) is 37.2. The molecular weight excluding hydrogens is 272 g/mol. The lowest BCUT2D eigenvalue weighted by atomic mass is 9.89. The smallest absolute Gasteiger partial charge is 0.322 e. The van der Waals surface area contributed by atoms with Crippen molar-refractivity contribution in [2.24, 2.45) is 0 Å². The number of carbonyl (C=O) groups excluding carboxylic acids is 3. The van der Waals surface area contributed by atoms with Crippen molar-refractivity contribution < 1.29 is 14.4 Å². The van der Waals surface area contributed by atoms with Crippen LogP contribution >= 0.6 is 0 Å². The molecule has 4 amide bonds. The van der Waals surface area contributed by atoms with Crippen LogP contribution in [-0.2, 0) is 9.59 Å². The lowest BCUT2D eigenvalue weighted by Crippen LogP contribution is -2.59. The van der Waals surface area contributed by atoms with Gasteiger partial charge in [0, 0.05) is 19.0 Å². The first-order valence-electron chi connectivity index (χ1n) is 7.58. The second-order valence-electron chi connectivity index (χ2n) is 6.12. The maximum Gasteiger partial charge on any atom is 0.322 e. The first-order valence-corrected chi connectivity index (χ1v) is 7.58. The molecule has 2 aliphatic heterocycles. The van der Waals surface area contributed by atoms with Crippen LogP contribution in [0, 0.1) is 0 Å². The van der Waals surface area contributed by atoms with E-state index >= 15 is 0 Å². The number of hydrogen-bond acceptors (Lipinski definition) is 4. The minimum absolute atomic E-state index is 0.0496. The molecule has 1 unspecified atom stereocenters. The van der Waals surface area contributed by atoms with E-state index in [1.165, 1.54) is 0 Å². The SMILES string of the molecule is CC(C)NCCCC(=O)N1CCCC2(C1)NC(=O)NC2=O. The van der Waals surface area contributed by atoms with E-state index in [1.54, 1.807) is 4.90 Å². The van der Waals surface area contributed by atoms with E-state index < -0.39 is 11.6 Å². The summed E-state index contributed by atoms with van der Waals surface area (Å²) < 4.78 is 0. The van der Waals surface area contributed by atoms with Crippen molar-refractivity contribution in [3.05, 3.63) is 0 Å². The second-order valence-corrected chi connectivity index (χ2v) is 6.12. The predicted molar refractivity (Wildman–Crippen MR) is 77.6 cm³/mol. The fraction of sp³-hybridized carbons (Fsp3) is 0.786. The highest BCUT2D eigenvalue weighted by atomic mass is 16.2. The Kier molecular flexibility index (Phi) is 4.82. The van der Waals surface area contributed by atoms with Crippen molar-refractivity contribution >= 4 is 17.8 Å². The maximum atomic E-state index is 12.2. The highest BCUT2D eigenvalue weighted by molar-refractivity contribution is 6.07. The van der Waals surface area contributed by atoms with E-state index in [-0.39, 0.29) is 18.4 Å². The zero-order valence-corrected chi connectivity index (χ0v) is 12.7. The molecule has 2 rings (SSSR count). The second kappa shape index (κ2) is 6.43. The number of amides is 4. The third kappa shape index (κ3) is 3.72. The Hall–Kier alpha value is -1.63. The Morgan fingerprint density at radius 3 is 2.81 bits per heavy atom. The minimum Gasteiger partial charge on any atom is -0.340 e. The minimum atomic E-state index is -0.916. The summed E-state index contributed by atoms with van der Waals surface area (Å²) in [5.74, 6) is -0.264. The van der Waals surface area contributed by atoms with E-state index in [9.17, 15) is 14.4 Å². The predicted octanol–water partition coefficient (Wildman–Crippen LogP) is -0.0348. The summed E-state index contributed by atoms with van der Waals surface area (Å²) in [6, 6.07) is -0.0498.